The minimum Gasteiger partial charge on any atom is -0.323 e. The van der Waals surface area contributed by atoms with Crippen molar-refractivity contribution in [1.82, 2.24) is 10.2 Å². The van der Waals surface area contributed by atoms with E-state index in [1.54, 1.807) is 0 Å². The average molecular weight is 470 g/mol. The molecule has 2 N–H and O–H groups in total. The van der Waals surface area contributed by atoms with Gasteiger partial charge in [-0.2, -0.15) is 0 Å². The molecule has 1 aromatic carbocycles. The Labute approximate surface area is 144 Å². The predicted octanol–water partition coefficient (Wildman–Crippen LogP) is 3.21. The van der Waals surface area contributed by atoms with Crippen LogP contribution in [0, 0.1) is 0 Å². The molecule has 2 rings (SSSR count). The van der Waals surface area contributed by atoms with Crippen LogP contribution in [0.3, 0.4) is 0 Å². The van der Waals surface area contributed by atoms with E-state index in [2.05, 4.69) is 70.2 Å². The number of halogens is 3. The summed E-state index contributed by atoms with van der Waals surface area (Å²) in [6.45, 7) is 5.31. The predicted molar refractivity (Wildman–Crippen MR) is 92.1 cm³/mol. The van der Waals surface area contributed by atoms with E-state index < -0.39 is 0 Å². The Hall–Kier alpha value is 0.0500. The largest absolute Gasteiger partial charge is 0.323 e. The fourth-order valence-corrected chi connectivity index (χ4v) is 4.60. The molecule has 0 bridgehead atoms. The van der Waals surface area contributed by atoms with Gasteiger partial charge in [0.2, 0.25) is 5.91 Å². The number of rotatable bonds is 3. The molecule has 0 unspecified atom stereocenters. The van der Waals surface area contributed by atoms with E-state index >= 15 is 0 Å². The minimum atomic E-state index is 0.00229. The Kier molecular flexibility index (Phi) is 6.04. The summed E-state index contributed by atoms with van der Waals surface area (Å²) in [6, 6.07) is 4.20. The molecule has 1 aliphatic heterocycles. The molecule has 1 aliphatic rings. The molecule has 1 amide bonds. The first-order chi connectivity index (χ1) is 9.47. The Bertz CT molecular complexity index is 487. The number of carbonyl (C=O) groups excluding carboxylic acids is 1. The highest BCUT2D eigenvalue weighted by Crippen LogP contribution is 2.34. The fraction of sp³-hybridized carbons (Fsp3) is 0.462. The molecule has 7 heteroatoms. The molecule has 0 radical (unpaired) electrons. The zero-order valence-electron chi connectivity index (χ0n) is 11.0. The van der Waals surface area contributed by atoms with Crippen molar-refractivity contribution in [2.45, 2.75) is 13.0 Å². The lowest BCUT2D eigenvalue weighted by Gasteiger charge is -2.33. The summed E-state index contributed by atoms with van der Waals surface area (Å²) in [6.07, 6.45) is 0. The first-order valence-corrected chi connectivity index (χ1v) is 8.74. The van der Waals surface area contributed by atoms with Gasteiger partial charge in [0.05, 0.1) is 12.2 Å². The lowest BCUT2D eigenvalue weighted by atomic mass is 10.2. The number of benzene rings is 1. The third-order valence-electron chi connectivity index (χ3n) is 3.26. The zero-order valence-corrected chi connectivity index (χ0v) is 15.8. The summed E-state index contributed by atoms with van der Waals surface area (Å²) in [7, 11) is 0. The van der Waals surface area contributed by atoms with Crippen LogP contribution in [-0.2, 0) is 4.79 Å². The molecule has 1 saturated heterocycles. The number of amides is 1. The van der Waals surface area contributed by atoms with Gasteiger partial charge in [0, 0.05) is 39.1 Å². The number of hydrogen-bond donors (Lipinski definition) is 2. The monoisotopic (exact) mass is 467 g/mol. The summed E-state index contributed by atoms with van der Waals surface area (Å²) in [5, 5.41) is 6.28. The molecule has 1 aromatic rings. The van der Waals surface area contributed by atoms with Crippen LogP contribution in [0.1, 0.15) is 6.92 Å². The topological polar surface area (TPSA) is 44.4 Å². The first kappa shape index (κ1) is 16.4. The molecule has 1 atom stereocenters. The Morgan fingerprint density at radius 2 is 2.05 bits per heavy atom. The van der Waals surface area contributed by atoms with Crippen LogP contribution < -0.4 is 10.6 Å². The van der Waals surface area contributed by atoms with E-state index in [9.17, 15) is 4.79 Å². The van der Waals surface area contributed by atoms with Gasteiger partial charge in [-0.3, -0.25) is 9.69 Å². The molecule has 0 spiro atoms. The van der Waals surface area contributed by atoms with Gasteiger partial charge in [-0.25, -0.2) is 0 Å². The van der Waals surface area contributed by atoms with Crippen molar-refractivity contribution in [3.63, 3.8) is 0 Å². The van der Waals surface area contributed by atoms with Crippen molar-refractivity contribution in [1.29, 1.82) is 0 Å². The summed E-state index contributed by atoms with van der Waals surface area (Å²) < 4.78 is 2.64. The van der Waals surface area contributed by atoms with E-state index in [0.717, 1.165) is 38.7 Å². The molecule has 4 nitrogen and oxygen atoms in total. The lowest BCUT2D eigenvalue weighted by molar-refractivity contribution is -0.118. The number of anilines is 1. The maximum absolute atomic E-state index is 12.2. The molecule has 20 heavy (non-hydrogen) atoms. The molecule has 0 aliphatic carbocycles. The van der Waals surface area contributed by atoms with Crippen molar-refractivity contribution < 1.29 is 4.79 Å². The zero-order chi connectivity index (χ0) is 14.7. The molecule has 0 saturated carbocycles. The number of nitrogens with zero attached hydrogens (tertiary/aromatic N) is 1. The molecule has 110 valence electrons. The summed E-state index contributed by atoms with van der Waals surface area (Å²) >= 11 is 10.3. The Morgan fingerprint density at radius 3 is 2.65 bits per heavy atom. The molecular weight excluding hydrogens is 454 g/mol. The van der Waals surface area contributed by atoms with E-state index in [0.29, 0.717) is 12.6 Å². The van der Waals surface area contributed by atoms with Gasteiger partial charge in [0.1, 0.15) is 0 Å². The van der Waals surface area contributed by atoms with E-state index in [1.165, 1.54) is 0 Å². The maximum atomic E-state index is 12.2. The van der Waals surface area contributed by atoms with Crippen LogP contribution in [0.2, 0.25) is 0 Å². The molecule has 1 heterocycles. The molecule has 1 fully saturated rings. The molecular formula is C13H16Br3N3O. The second-order valence-corrected chi connectivity index (χ2v) is 7.44. The maximum Gasteiger partial charge on any atom is 0.238 e. The van der Waals surface area contributed by atoms with E-state index in [1.807, 2.05) is 12.1 Å². The SMILES string of the molecule is C[C@H]1CNCCN1CC(=O)Nc1c(Br)cc(Br)cc1Br. The van der Waals surface area contributed by atoms with Crippen molar-refractivity contribution in [2.24, 2.45) is 0 Å². The standard InChI is InChI=1S/C13H16Br3N3O/c1-8-6-17-2-3-19(8)7-12(20)18-13-10(15)4-9(14)5-11(13)16/h4-5,8,17H,2-3,6-7H2,1H3,(H,18,20)/t8-/m0/s1. The Balaban J connectivity index is 2.01. The van der Waals surface area contributed by atoms with Crippen molar-refractivity contribution >= 4 is 59.4 Å². The number of carbonyl (C=O) groups is 1. The van der Waals surface area contributed by atoms with Crippen molar-refractivity contribution in [2.75, 3.05) is 31.5 Å². The van der Waals surface area contributed by atoms with Crippen LogP contribution in [0.4, 0.5) is 5.69 Å². The van der Waals surface area contributed by atoms with E-state index in [-0.39, 0.29) is 5.91 Å². The highest BCUT2D eigenvalue weighted by molar-refractivity contribution is 9.11. The Morgan fingerprint density at radius 1 is 1.40 bits per heavy atom. The van der Waals surface area contributed by atoms with Gasteiger partial charge in [0.15, 0.2) is 0 Å². The van der Waals surface area contributed by atoms with Gasteiger partial charge in [-0.15, -0.1) is 0 Å². The van der Waals surface area contributed by atoms with Crippen LogP contribution >= 0.6 is 47.8 Å². The minimum absolute atomic E-state index is 0.00229. The summed E-state index contributed by atoms with van der Waals surface area (Å²) in [5.74, 6) is 0.00229. The van der Waals surface area contributed by atoms with Crippen LogP contribution in [0.15, 0.2) is 25.6 Å². The van der Waals surface area contributed by atoms with Gasteiger partial charge in [-0.1, -0.05) is 15.9 Å². The molecule has 0 aromatic heterocycles. The first-order valence-electron chi connectivity index (χ1n) is 6.36. The third kappa shape index (κ3) is 4.27. The van der Waals surface area contributed by atoms with Crippen molar-refractivity contribution in [3.8, 4) is 0 Å². The number of nitrogens with one attached hydrogen (secondary N) is 2. The number of hydrogen-bond acceptors (Lipinski definition) is 3. The third-order valence-corrected chi connectivity index (χ3v) is 4.97. The van der Waals surface area contributed by atoms with Crippen LogP contribution in [0.25, 0.3) is 0 Å². The highest BCUT2D eigenvalue weighted by atomic mass is 79.9. The summed E-state index contributed by atoms with van der Waals surface area (Å²) in [4.78, 5) is 14.4. The van der Waals surface area contributed by atoms with Crippen LogP contribution in [0.5, 0.6) is 0 Å². The van der Waals surface area contributed by atoms with Gasteiger partial charge in [0.25, 0.3) is 0 Å². The highest BCUT2D eigenvalue weighted by Gasteiger charge is 2.21. The number of piperazine rings is 1. The normalized spacial score (nSPS) is 19.9. The second kappa shape index (κ2) is 7.35. The van der Waals surface area contributed by atoms with Crippen LogP contribution in [-0.4, -0.2) is 43.0 Å². The second-order valence-electron chi connectivity index (χ2n) is 4.82. The average Bonchev–Trinajstić information content (AvgIpc) is 2.36. The lowest BCUT2D eigenvalue weighted by Crippen LogP contribution is -2.52. The quantitative estimate of drug-likeness (QED) is 0.714. The van der Waals surface area contributed by atoms with Gasteiger partial charge < -0.3 is 10.6 Å². The summed E-state index contributed by atoms with van der Waals surface area (Å²) in [5.41, 5.74) is 0.765. The van der Waals surface area contributed by atoms with E-state index in [4.69, 9.17) is 0 Å². The van der Waals surface area contributed by atoms with Crippen molar-refractivity contribution in [3.05, 3.63) is 25.6 Å². The smallest absolute Gasteiger partial charge is 0.238 e. The fourth-order valence-electron chi connectivity index (χ4n) is 2.14. The van der Waals surface area contributed by atoms with Gasteiger partial charge >= 0.3 is 0 Å². The van der Waals surface area contributed by atoms with Gasteiger partial charge in [-0.05, 0) is 50.9 Å².